The summed E-state index contributed by atoms with van der Waals surface area (Å²) in [6.45, 7) is 0.496. The first kappa shape index (κ1) is 20.9. The number of thiocarbonyl (C=S) groups is 1. The third-order valence-corrected chi connectivity index (χ3v) is 4.26. The summed E-state index contributed by atoms with van der Waals surface area (Å²) in [5, 5.41) is 2.48. The standard InChI is InChI=1S/C22H20N4O3S/c27-20(24-22(30)26-25-21(28)17-9-12-23-13-10-17)18-7-4-8-19(15-18)29-14-11-16-5-2-1-3-6-16/h1-10,12-13,15H,11,14H2,(H,25,28)(H2,24,26,27,30). The molecule has 3 N–H and O–H groups in total. The quantitative estimate of drug-likeness (QED) is 0.419. The number of ether oxygens (including phenoxy) is 1. The molecule has 0 saturated heterocycles. The Morgan fingerprint density at radius 1 is 0.867 bits per heavy atom. The number of pyridine rings is 1. The molecule has 30 heavy (non-hydrogen) atoms. The highest BCUT2D eigenvalue weighted by atomic mass is 32.1. The van der Waals surface area contributed by atoms with E-state index >= 15 is 0 Å². The maximum atomic E-state index is 12.4. The largest absolute Gasteiger partial charge is 0.493 e. The molecule has 3 aromatic rings. The van der Waals surface area contributed by atoms with Crippen LogP contribution in [0.2, 0.25) is 0 Å². The van der Waals surface area contributed by atoms with Crippen LogP contribution in [0.4, 0.5) is 0 Å². The van der Waals surface area contributed by atoms with Crippen LogP contribution in [0.15, 0.2) is 79.1 Å². The number of hydrogen-bond donors (Lipinski definition) is 3. The number of nitrogens with zero attached hydrogens (tertiary/aromatic N) is 1. The van der Waals surface area contributed by atoms with Crippen LogP contribution in [0.25, 0.3) is 0 Å². The van der Waals surface area contributed by atoms with E-state index in [1.165, 1.54) is 18.0 Å². The van der Waals surface area contributed by atoms with Gasteiger partial charge in [-0.05, 0) is 48.1 Å². The lowest BCUT2D eigenvalue weighted by Gasteiger charge is -2.11. The van der Waals surface area contributed by atoms with Crippen molar-refractivity contribution in [2.24, 2.45) is 0 Å². The molecule has 3 rings (SSSR count). The summed E-state index contributed by atoms with van der Waals surface area (Å²) in [6, 6.07) is 19.9. The number of carbonyl (C=O) groups excluding carboxylic acids is 2. The zero-order chi connectivity index (χ0) is 21.2. The third-order valence-electron chi connectivity index (χ3n) is 4.06. The van der Waals surface area contributed by atoms with Crippen molar-refractivity contribution in [2.45, 2.75) is 6.42 Å². The minimum Gasteiger partial charge on any atom is -0.493 e. The van der Waals surface area contributed by atoms with Crippen molar-refractivity contribution in [3.8, 4) is 5.75 Å². The number of aromatic nitrogens is 1. The van der Waals surface area contributed by atoms with Gasteiger partial charge < -0.3 is 4.74 Å². The molecule has 0 bridgehead atoms. The molecule has 0 aliphatic carbocycles. The lowest BCUT2D eigenvalue weighted by atomic mass is 10.2. The van der Waals surface area contributed by atoms with Crippen LogP contribution in [-0.2, 0) is 6.42 Å². The number of amides is 2. The Morgan fingerprint density at radius 3 is 2.40 bits per heavy atom. The highest BCUT2D eigenvalue weighted by Gasteiger charge is 2.10. The zero-order valence-corrected chi connectivity index (χ0v) is 16.8. The molecule has 0 aliphatic rings. The van der Waals surface area contributed by atoms with Gasteiger partial charge in [-0.3, -0.25) is 30.7 Å². The summed E-state index contributed by atoms with van der Waals surface area (Å²) >= 11 is 5.05. The molecule has 8 heteroatoms. The summed E-state index contributed by atoms with van der Waals surface area (Å²) < 4.78 is 5.74. The van der Waals surface area contributed by atoms with Gasteiger partial charge >= 0.3 is 0 Å². The van der Waals surface area contributed by atoms with Crippen molar-refractivity contribution in [1.29, 1.82) is 0 Å². The predicted molar refractivity (Wildman–Crippen MR) is 117 cm³/mol. The van der Waals surface area contributed by atoms with Gasteiger partial charge in [0.05, 0.1) is 6.61 Å². The van der Waals surface area contributed by atoms with Gasteiger partial charge in [0.2, 0.25) is 0 Å². The van der Waals surface area contributed by atoms with Gasteiger partial charge in [0.1, 0.15) is 5.75 Å². The van der Waals surface area contributed by atoms with Crippen molar-refractivity contribution in [3.05, 3.63) is 95.8 Å². The van der Waals surface area contributed by atoms with E-state index in [0.717, 1.165) is 6.42 Å². The van der Waals surface area contributed by atoms with Gasteiger partial charge in [0.15, 0.2) is 5.11 Å². The van der Waals surface area contributed by atoms with E-state index in [9.17, 15) is 9.59 Å². The minimum absolute atomic E-state index is 0.0298. The van der Waals surface area contributed by atoms with Gasteiger partial charge in [-0.25, -0.2) is 0 Å². The second-order valence-electron chi connectivity index (χ2n) is 6.21. The molecular weight excluding hydrogens is 400 g/mol. The first-order valence-corrected chi connectivity index (χ1v) is 9.61. The van der Waals surface area contributed by atoms with E-state index in [1.807, 2.05) is 30.3 Å². The maximum Gasteiger partial charge on any atom is 0.269 e. The fourth-order valence-corrected chi connectivity index (χ4v) is 2.70. The predicted octanol–water partition coefficient (Wildman–Crippen LogP) is 2.65. The average Bonchev–Trinajstić information content (AvgIpc) is 2.79. The van der Waals surface area contributed by atoms with E-state index in [-0.39, 0.29) is 5.11 Å². The SMILES string of the molecule is O=C(NNC(=S)NC(=O)c1cccc(OCCc2ccccc2)c1)c1ccncc1. The molecule has 0 saturated carbocycles. The van der Waals surface area contributed by atoms with Crippen molar-refractivity contribution in [3.63, 3.8) is 0 Å². The summed E-state index contributed by atoms with van der Waals surface area (Å²) in [7, 11) is 0. The van der Waals surface area contributed by atoms with Crippen LogP contribution in [0, 0.1) is 0 Å². The van der Waals surface area contributed by atoms with E-state index < -0.39 is 11.8 Å². The van der Waals surface area contributed by atoms with Crippen LogP contribution < -0.4 is 20.9 Å². The topological polar surface area (TPSA) is 92.4 Å². The smallest absolute Gasteiger partial charge is 0.269 e. The van der Waals surface area contributed by atoms with Crippen molar-refractivity contribution in [2.75, 3.05) is 6.61 Å². The zero-order valence-electron chi connectivity index (χ0n) is 16.0. The molecule has 0 fully saturated rings. The fourth-order valence-electron chi connectivity index (χ4n) is 2.55. The average molecular weight is 420 g/mol. The van der Waals surface area contributed by atoms with Crippen molar-refractivity contribution >= 4 is 29.1 Å². The van der Waals surface area contributed by atoms with Crippen molar-refractivity contribution in [1.82, 2.24) is 21.2 Å². The van der Waals surface area contributed by atoms with E-state index in [4.69, 9.17) is 17.0 Å². The summed E-state index contributed by atoms with van der Waals surface area (Å²) in [5.41, 5.74) is 6.88. The Morgan fingerprint density at radius 2 is 1.63 bits per heavy atom. The molecule has 0 spiro atoms. The van der Waals surface area contributed by atoms with Gasteiger partial charge in [0.25, 0.3) is 11.8 Å². The van der Waals surface area contributed by atoms with Crippen LogP contribution in [0.1, 0.15) is 26.3 Å². The monoisotopic (exact) mass is 420 g/mol. The number of carbonyl (C=O) groups is 2. The van der Waals surface area contributed by atoms with Crippen LogP contribution in [0.5, 0.6) is 5.75 Å². The highest BCUT2D eigenvalue weighted by Crippen LogP contribution is 2.14. The van der Waals surface area contributed by atoms with Crippen LogP contribution in [-0.4, -0.2) is 28.5 Å². The Bertz CT molecular complexity index is 1010. The van der Waals surface area contributed by atoms with Gasteiger partial charge in [-0.1, -0.05) is 36.4 Å². The Labute approximate surface area is 179 Å². The van der Waals surface area contributed by atoms with Crippen LogP contribution >= 0.6 is 12.2 Å². The minimum atomic E-state index is -0.417. The first-order valence-electron chi connectivity index (χ1n) is 9.20. The maximum absolute atomic E-state index is 12.4. The third kappa shape index (κ3) is 6.39. The Hall–Kier alpha value is -3.78. The summed E-state index contributed by atoms with van der Waals surface area (Å²) in [4.78, 5) is 28.2. The molecule has 152 valence electrons. The molecule has 0 radical (unpaired) electrons. The summed E-state index contributed by atoms with van der Waals surface area (Å²) in [6.07, 6.45) is 3.77. The second kappa shape index (κ2) is 10.7. The van der Waals surface area contributed by atoms with E-state index in [1.54, 1.807) is 36.4 Å². The molecule has 0 aliphatic heterocycles. The first-order chi connectivity index (χ1) is 14.6. The van der Waals surface area contributed by atoms with Gasteiger partial charge in [-0.15, -0.1) is 0 Å². The van der Waals surface area contributed by atoms with E-state index in [0.29, 0.717) is 23.5 Å². The van der Waals surface area contributed by atoms with Crippen molar-refractivity contribution < 1.29 is 14.3 Å². The number of hydrogen-bond acceptors (Lipinski definition) is 5. The molecule has 7 nitrogen and oxygen atoms in total. The number of rotatable bonds is 6. The molecule has 2 aromatic carbocycles. The number of nitrogens with one attached hydrogen (secondary N) is 3. The number of hydrazine groups is 1. The molecule has 1 heterocycles. The highest BCUT2D eigenvalue weighted by molar-refractivity contribution is 7.80. The Balaban J connectivity index is 1.47. The molecular formula is C22H20N4O3S. The molecule has 2 amide bonds. The molecule has 0 atom stereocenters. The second-order valence-corrected chi connectivity index (χ2v) is 6.62. The Kier molecular flexibility index (Phi) is 7.45. The molecule has 1 aromatic heterocycles. The fraction of sp³-hybridized carbons (Fsp3) is 0.0909. The van der Waals surface area contributed by atoms with E-state index in [2.05, 4.69) is 21.2 Å². The lowest BCUT2D eigenvalue weighted by molar-refractivity contribution is 0.0934. The number of benzene rings is 2. The van der Waals surface area contributed by atoms with Gasteiger partial charge in [0, 0.05) is 29.9 Å². The normalized spacial score (nSPS) is 10.0. The van der Waals surface area contributed by atoms with Gasteiger partial charge in [-0.2, -0.15) is 0 Å². The summed E-state index contributed by atoms with van der Waals surface area (Å²) in [5.74, 6) is -0.231. The van der Waals surface area contributed by atoms with Crippen LogP contribution in [0.3, 0.4) is 0 Å². The molecule has 0 unspecified atom stereocenters. The lowest BCUT2D eigenvalue weighted by Crippen LogP contribution is -2.48.